The summed E-state index contributed by atoms with van der Waals surface area (Å²) < 4.78 is 6.73. The summed E-state index contributed by atoms with van der Waals surface area (Å²) in [6, 6.07) is 7.88. The van der Waals surface area contributed by atoms with Gasteiger partial charge in [-0.15, -0.1) is 0 Å². The number of rotatable bonds is 3. The molecular weight excluding hydrogens is 341 g/mol. The molecule has 18 heavy (non-hydrogen) atoms. The molecule has 0 bridgehead atoms. The highest BCUT2D eigenvalue weighted by atomic mass is 127. The molecule has 0 aromatic heterocycles. The molecule has 2 aliphatic rings. The molecular formula is C14H16INO2. The van der Waals surface area contributed by atoms with Gasteiger partial charge in [0, 0.05) is 10.2 Å². The maximum absolute atomic E-state index is 12.2. The molecule has 2 unspecified atom stereocenters. The predicted octanol–water partition coefficient (Wildman–Crippen LogP) is 2.59. The van der Waals surface area contributed by atoms with Gasteiger partial charge in [0.05, 0.1) is 17.7 Å². The van der Waals surface area contributed by atoms with Crippen LogP contribution in [0, 0.1) is 9.49 Å². The van der Waals surface area contributed by atoms with Gasteiger partial charge in [-0.1, -0.05) is 12.1 Å². The molecule has 1 aliphatic carbocycles. The summed E-state index contributed by atoms with van der Waals surface area (Å²) in [5.41, 5.74) is 0.763. The average molecular weight is 357 g/mol. The fraction of sp³-hybridized carbons (Fsp3) is 0.500. The molecule has 1 N–H and O–H groups in total. The van der Waals surface area contributed by atoms with Crippen molar-refractivity contribution in [3.05, 3.63) is 33.4 Å². The number of hydrogen-bond acceptors (Lipinski definition) is 2. The minimum Gasteiger partial charge on any atom is -0.376 e. The van der Waals surface area contributed by atoms with Crippen molar-refractivity contribution in [3.8, 4) is 0 Å². The lowest BCUT2D eigenvalue weighted by Crippen LogP contribution is -2.41. The minimum absolute atomic E-state index is 0.0288. The van der Waals surface area contributed by atoms with Crippen LogP contribution in [0.1, 0.15) is 29.6 Å². The molecule has 1 amide bonds. The topological polar surface area (TPSA) is 38.3 Å². The van der Waals surface area contributed by atoms with Crippen LogP contribution in [0.2, 0.25) is 0 Å². The Bertz CT molecular complexity index is 459. The Morgan fingerprint density at radius 3 is 2.78 bits per heavy atom. The van der Waals surface area contributed by atoms with E-state index in [1.807, 2.05) is 24.3 Å². The van der Waals surface area contributed by atoms with E-state index >= 15 is 0 Å². The molecule has 1 saturated carbocycles. The van der Waals surface area contributed by atoms with Crippen molar-refractivity contribution < 1.29 is 9.53 Å². The standard InChI is InChI=1S/C14H16INO2/c15-11-4-2-1-3-10(11)14(17)16-12-7-8-18-13(12)9-5-6-9/h1-4,9,12-13H,5-8H2,(H,16,17). The molecule has 2 atom stereocenters. The van der Waals surface area contributed by atoms with Gasteiger partial charge in [0.2, 0.25) is 0 Å². The lowest BCUT2D eigenvalue weighted by atomic mass is 10.1. The number of hydrogen-bond donors (Lipinski definition) is 1. The number of carbonyl (C=O) groups excluding carboxylic acids is 1. The van der Waals surface area contributed by atoms with Crippen molar-refractivity contribution in [2.45, 2.75) is 31.4 Å². The van der Waals surface area contributed by atoms with Crippen molar-refractivity contribution in [1.82, 2.24) is 5.32 Å². The Kier molecular flexibility index (Phi) is 3.56. The second-order valence-electron chi connectivity index (χ2n) is 5.02. The molecule has 3 nitrogen and oxygen atoms in total. The minimum atomic E-state index is 0.0288. The van der Waals surface area contributed by atoms with E-state index in [4.69, 9.17) is 4.74 Å². The normalized spacial score (nSPS) is 27.2. The summed E-state index contributed by atoms with van der Waals surface area (Å²) in [4.78, 5) is 12.2. The maximum atomic E-state index is 12.2. The smallest absolute Gasteiger partial charge is 0.252 e. The molecule has 0 radical (unpaired) electrons. The van der Waals surface area contributed by atoms with Gasteiger partial charge in [-0.2, -0.15) is 0 Å². The molecule has 4 heteroatoms. The molecule has 1 saturated heterocycles. The zero-order valence-corrected chi connectivity index (χ0v) is 12.2. The quantitative estimate of drug-likeness (QED) is 0.845. The number of carbonyl (C=O) groups is 1. The second-order valence-corrected chi connectivity index (χ2v) is 6.18. The fourth-order valence-electron chi connectivity index (χ4n) is 2.55. The van der Waals surface area contributed by atoms with Crippen LogP contribution in [0.15, 0.2) is 24.3 Å². The van der Waals surface area contributed by atoms with Crippen molar-refractivity contribution in [1.29, 1.82) is 0 Å². The first-order valence-corrected chi connectivity index (χ1v) is 7.50. The van der Waals surface area contributed by atoms with Crippen LogP contribution in [0.4, 0.5) is 0 Å². The van der Waals surface area contributed by atoms with Gasteiger partial charge in [0.25, 0.3) is 5.91 Å². The lowest BCUT2D eigenvalue weighted by Gasteiger charge is -2.19. The Morgan fingerprint density at radius 2 is 2.06 bits per heavy atom. The van der Waals surface area contributed by atoms with Crippen LogP contribution in [0.3, 0.4) is 0 Å². The Labute approximate surface area is 120 Å². The molecule has 2 fully saturated rings. The molecule has 1 aliphatic heterocycles. The van der Waals surface area contributed by atoms with Crippen molar-refractivity contribution in [2.75, 3.05) is 6.61 Å². The third kappa shape index (κ3) is 2.54. The van der Waals surface area contributed by atoms with E-state index in [-0.39, 0.29) is 18.1 Å². The SMILES string of the molecule is O=C(NC1CCOC1C1CC1)c1ccccc1I. The highest BCUT2D eigenvalue weighted by Gasteiger charge is 2.41. The van der Waals surface area contributed by atoms with Gasteiger partial charge < -0.3 is 10.1 Å². The summed E-state index contributed by atoms with van der Waals surface area (Å²) in [7, 11) is 0. The van der Waals surface area contributed by atoms with Crippen LogP contribution < -0.4 is 5.32 Å². The predicted molar refractivity (Wildman–Crippen MR) is 77.5 cm³/mol. The molecule has 0 spiro atoms. The van der Waals surface area contributed by atoms with Crippen LogP contribution in [0.25, 0.3) is 0 Å². The average Bonchev–Trinajstić information content (AvgIpc) is 3.11. The molecule has 1 aromatic carbocycles. The van der Waals surface area contributed by atoms with Crippen molar-refractivity contribution in [2.24, 2.45) is 5.92 Å². The first-order valence-electron chi connectivity index (χ1n) is 6.42. The number of amides is 1. The van der Waals surface area contributed by atoms with Crippen molar-refractivity contribution in [3.63, 3.8) is 0 Å². The molecule has 3 rings (SSSR count). The van der Waals surface area contributed by atoms with E-state index in [0.29, 0.717) is 5.92 Å². The Hall–Kier alpha value is -0.620. The summed E-state index contributed by atoms with van der Waals surface area (Å²) in [5.74, 6) is 0.703. The fourth-order valence-corrected chi connectivity index (χ4v) is 3.18. The van der Waals surface area contributed by atoms with Gasteiger partial charge in [0.1, 0.15) is 0 Å². The number of halogens is 1. The highest BCUT2D eigenvalue weighted by molar-refractivity contribution is 14.1. The summed E-state index contributed by atoms with van der Waals surface area (Å²) >= 11 is 2.20. The van der Waals surface area contributed by atoms with Gasteiger partial charge in [0.15, 0.2) is 0 Å². The third-order valence-electron chi connectivity index (χ3n) is 3.66. The van der Waals surface area contributed by atoms with Gasteiger partial charge >= 0.3 is 0 Å². The maximum Gasteiger partial charge on any atom is 0.252 e. The number of nitrogens with one attached hydrogen (secondary N) is 1. The largest absolute Gasteiger partial charge is 0.376 e. The molecule has 1 heterocycles. The van der Waals surface area contributed by atoms with Crippen LogP contribution in [-0.4, -0.2) is 24.7 Å². The lowest BCUT2D eigenvalue weighted by molar-refractivity contribution is 0.0729. The van der Waals surface area contributed by atoms with E-state index in [1.165, 1.54) is 12.8 Å². The van der Waals surface area contributed by atoms with E-state index in [1.54, 1.807) is 0 Å². The van der Waals surface area contributed by atoms with Gasteiger partial charge in [-0.05, 0) is 59.9 Å². The monoisotopic (exact) mass is 357 g/mol. The third-order valence-corrected chi connectivity index (χ3v) is 4.60. The van der Waals surface area contributed by atoms with Crippen molar-refractivity contribution >= 4 is 28.5 Å². The van der Waals surface area contributed by atoms with Gasteiger partial charge in [-0.25, -0.2) is 0 Å². The highest BCUT2D eigenvalue weighted by Crippen LogP contribution is 2.38. The summed E-state index contributed by atoms with van der Waals surface area (Å²) in [6.07, 6.45) is 3.69. The van der Waals surface area contributed by atoms with E-state index in [2.05, 4.69) is 27.9 Å². The number of benzene rings is 1. The van der Waals surface area contributed by atoms with Gasteiger partial charge in [-0.3, -0.25) is 4.79 Å². The molecule has 96 valence electrons. The number of ether oxygens (including phenoxy) is 1. The summed E-state index contributed by atoms with van der Waals surface area (Å²) in [6.45, 7) is 0.776. The zero-order chi connectivity index (χ0) is 12.5. The second kappa shape index (κ2) is 5.17. The van der Waals surface area contributed by atoms with Crippen LogP contribution in [-0.2, 0) is 4.74 Å². The van der Waals surface area contributed by atoms with Crippen LogP contribution >= 0.6 is 22.6 Å². The Morgan fingerprint density at radius 1 is 1.28 bits per heavy atom. The Balaban J connectivity index is 1.69. The first kappa shape index (κ1) is 12.4. The molecule has 1 aromatic rings. The first-order chi connectivity index (χ1) is 8.75. The van der Waals surface area contributed by atoms with E-state index < -0.39 is 0 Å². The summed E-state index contributed by atoms with van der Waals surface area (Å²) in [5, 5.41) is 3.14. The zero-order valence-electron chi connectivity index (χ0n) is 10.1. The van der Waals surface area contributed by atoms with Crippen LogP contribution in [0.5, 0.6) is 0 Å². The van der Waals surface area contributed by atoms with E-state index in [9.17, 15) is 4.79 Å². The van der Waals surface area contributed by atoms with E-state index in [0.717, 1.165) is 22.2 Å².